The minimum absolute atomic E-state index is 0.0906. The molecule has 1 unspecified atom stereocenters. The highest BCUT2D eigenvalue weighted by molar-refractivity contribution is 6.30. The maximum absolute atomic E-state index is 12.1. The largest absolute Gasteiger partial charge is 0.356 e. The van der Waals surface area contributed by atoms with E-state index in [0.29, 0.717) is 29.5 Å². The van der Waals surface area contributed by atoms with Gasteiger partial charge in [0.25, 0.3) is 5.91 Å². The first kappa shape index (κ1) is 20.2. The lowest BCUT2D eigenvalue weighted by atomic mass is 10.00. The number of likely N-dealkylation sites (tertiary alicyclic amines) is 1. The summed E-state index contributed by atoms with van der Waals surface area (Å²) in [6.07, 6.45) is 2.71. The number of piperidine rings is 1. The van der Waals surface area contributed by atoms with E-state index >= 15 is 0 Å². The summed E-state index contributed by atoms with van der Waals surface area (Å²) in [5, 5.41) is 5.98. The molecule has 0 aliphatic carbocycles. The minimum Gasteiger partial charge on any atom is -0.356 e. The summed E-state index contributed by atoms with van der Waals surface area (Å²) in [5.74, 6) is 0.213. The van der Waals surface area contributed by atoms with Crippen molar-refractivity contribution < 1.29 is 14.4 Å². The van der Waals surface area contributed by atoms with Crippen LogP contribution in [0.25, 0.3) is 0 Å². The van der Waals surface area contributed by atoms with Gasteiger partial charge in [0.2, 0.25) is 11.8 Å². The second-order valence-corrected chi connectivity index (χ2v) is 7.14. The van der Waals surface area contributed by atoms with E-state index in [9.17, 15) is 14.4 Å². The van der Waals surface area contributed by atoms with Gasteiger partial charge in [-0.15, -0.1) is 0 Å². The van der Waals surface area contributed by atoms with Crippen LogP contribution >= 0.6 is 11.6 Å². The molecule has 26 heavy (non-hydrogen) atoms. The van der Waals surface area contributed by atoms with Crippen LogP contribution in [0.4, 0.5) is 0 Å². The van der Waals surface area contributed by atoms with Crippen LogP contribution in [0.5, 0.6) is 0 Å². The highest BCUT2D eigenvalue weighted by Gasteiger charge is 2.20. The topological polar surface area (TPSA) is 78.5 Å². The van der Waals surface area contributed by atoms with Gasteiger partial charge in [-0.05, 0) is 43.0 Å². The Balaban J connectivity index is 1.59. The van der Waals surface area contributed by atoms with E-state index in [1.165, 1.54) is 6.42 Å². The van der Waals surface area contributed by atoms with Crippen molar-refractivity contribution in [1.82, 2.24) is 15.5 Å². The van der Waals surface area contributed by atoms with Gasteiger partial charge in [0.1, 0.15) is 0 Å². The van der Waals surface area contributed by atoms with E-state index in [1.54, 1.807) is 24.3 Å². The number of benzene rings is 1. The molecule has 2 rings (SSSR count). The summed E-state index contributed by atoms with van der Waals surface area (Å²) < 4.78 is 0. The van der Waals surface area contributed by atoms with E-state index in [1.807, 2.05) is 4.90 Å². The van der Waals surface area contributed by atoms with Crippen LogP contribution in [0.2, 0.25) is 5.02 Å². The van der Waals surface area contributed by atoms with E-state index in [0.717, 1.165) is 19.5 Å². The van der Waals surface area contributed by atoms with Crippen LogP contribution in [0.3, 0.4) is 0 Å². The molecule has 3 amide bonds. The third-order valence-electron chi connectivity index (χ3n) is 4.41. The molecule has 0 aromatic heterocycles. The monoisotopic (exact) mass is 379 g/mol. The summed E-state index contributed by atoms with van der Waals surface area (Å²) in [4.78, 5) is 37.7. The van der Waals surface area contributed by atoms with Gasteiger partial charge in [-0.3, -0.25) is 14.4 Å². The maximum Gasteiger partial charge on any atom is 0.251 e. The molecule has 1 aromatic carbocycles. The average molecular weight is 380 g/mol. The van der Waals surface area contributed by atoms with E-state index < -0.39 is 0 Å². The minimum atomic E-state index is -0.246. The fraction of sp³-hybridized carbons (Fsp3) is 0.526. The van der Waals surface area contributed by atoms with Gasteiger partial charge in [0.15, 0.2) is 0 Å². The number of carbonyl (C=O) groups is 3. The van der Waals surface area contributed by atoms with Gasteiger partial charge >= 0.3 is 0 Å². The molecule has 7 heteroatoms. The molecule has 1 atom stereocenters. The molecule has 0 bridgehead atoms. The predicted octanol–water partition coefficient (Wildman–Crippen LogP) is 2.22. The van der Waals surface area contributed by atoms with Crippen molar-refractivity contribution in [2.24, 2.45) is 5.92 Å². The molecule has 0 spiro atoms. The predicted molar refractivity (Wildman–Crippen MR) is 101 cm³/mol. The van der Waals surface area contributed by atoms with Crippen molar-refractivity contribution in [2.45, 2.75) is 32.6 Å². The summed E-state index contributed by atoms with van der Waals surface area (Å²) >= 11 is 5.78. The number of hydrogen-bond acceptors (Lipinski definition) is 3. The number of nitrogens with zero attached hydrogens (tertiary/aromatic N) is 1. The van der Waals surface area contributed by atoms with Gasteiger partial charge < -0.3 is 15.5 Å². The Kier molecular flexibility index (Phi) is 7.91. The molecule has 0 saturated carbocycles. The summed E-state index contributed by atoms with van der Waals surface area (Å²) in [5.41, 5.74) is 0.496. The van der Waals surface area contributed by atoms with Crippen LogP contribution in [0, 0.1) is 5.92 Å². The van der Waals surface area contributed by atoms with Crippen LogP contribution in [-0.4, -0.2) is 48.8 Å². The molecule has 1 aliphatic rings. The quantitative estimate of drug-likeness (QED) is 0.762. The third-order valence-corrected chi connectivity index (χ3v) is 4.67. The third kappa shape index (κ3) is 6.67. The summed E-state index contributed by atoms with van der Waals surface area (Å²) in [7, 11) is 0. The zero-order chi connectivity index (χ0) is 18.9. The molecule has 2 N–H and O–H groups in total. The Bertz CT molecular complexity index is 633. The number of rotatable bonds is 7. The summed E-state index contributed by atoms with van der Waals surface area (Å²) in [6, 6.07) is 6.54. The van der Waals surface area contributed by atoms with Crippen LogP contribution in [0.1, 0.15) is 43.0 Å². The number of nitrogens with one attached hydrogen (secondary N) is 2. The van der Waals surface area contributed by atoms with Gasteiger partial charge in [-0.25, -0.2) is 0 Å². The standard InChI is InChI=1S/C19H26ClN3O3/c1-14-3-2-12-23(13-14)18(25)9-11-21-17(24)8-10-22-19(26)15-4-6-16(20)7-5-15/h4-7,14H,2-3,8-13H2,1H3,(H,21,24)(H,22,26). The molecular formula is C19H26ClN3O3. The number of carbonyl (C=O) groups excluding carboxylic acids is 3. The average Bonchev–Trinajstić information content (AvgIpc) is 2.62. The molecule has 0 radical (unpaired) electrons. The van der Waals surface area contributed by atoms with Crippen molar-refractivity contribution in [2.75, 3.05) is 26.2 Å². The van der Waals surface area contributed by atoms with Gasteiger partial charge in [-0.2, -0.15) is 0 Å². The van der Waals surface area contributed by atoms with Crippen LogP contribution in [0.15, 0.2) is 24.3 Å². The lowest BCUT2D eigenvalue weighted by Gasteiger charge is -2.31. The molecular weight excluding hydrogens is 354 g/mol. The van der Waals surface area contributed by atoms with Gasteiger partial charge in [0.05, 0.1) is 0 Å². The smallest absolute Gasteiger partial charge is 0.251 e. The van der Waals surface area contributed by atoms with Crippen LogP contribution < -0.4 is 10.6 Å². The van der Waals surface area contributed by atoms with Crippen LogP contribution in [-0.2, 0) is 9.59 Å². The van der Waals surface area contributed by atoms with E-state index in [-0.39, 0.29) is 30.7 Å². The fourth-order valence-corrected chi connectivity index (χ4v) is 3.09. The van der Waals surface area contributed by atoms with Crippen molar-refractivity contribution in [3.05, 3.63) is 34.9 Å². The van der Waals surface area contributed by atoms with E-state index in [4.69, 9.17) is 11.6 Å². The first-order chi connectivity index (χ1) is 12.5. The van der Waals surface area contributed by atoms with Crippen molar-refractivity contribution >= 4 is 29.3 Å². The molecule has 1 fully saturated rings. The zero-order valence-electron chi connectivity index (χ0n) is 15.1. The van der Waals surface area contributed by atoms with Crippen molar-refractivity contribution in [3.63, 3.8) is 0 Å². The second kappa shape index (κ2) is 10.2. The van der Waals surface area contributed by atoms with E-state index in [2.05, 4.69) is 17.6 Å². The first-order valence-electron chi connectivity index (χ1n) is 9.04. The number of halogens is 1. The molecule has 1 aromatic rings. The number of amides is 3. The lowest BCUT2D eigenvalue weighted by Crippen LogP contribution is -2.40. The normalized spacial score (nSPS) is 16.8. The summed E-state index contributed by atoms with van der Waals surface area (Å²) in [6.45, 7) is 4.34. The molecule has 1 saturated heterocycles. The Hall–Kier alpha value is -2.08. The molecule has 6 nitrogen and oxygen atoms in total. The Morgan fingerprint density at radius 3 is 2.50 bits per heavy atom. The highest BCUT2D eigenvalue weighted by atomic mass is 35.5. The Morgan fingerprint density at radius 1 is 1.12 bits per heavy atom. The highest BCUT2D eigenvalue weighted by Crippen LogP contribution is 2.15. The lowest BCUT2D eigenvalue weighted by molar-refractivity contribution is -0.132. The Labute approximate surface area is 159 Å². The fourth-order valence-electron chi connectivity index (χ4n) is 2.96. The molecule has 1 aliphatic heterocycles. The zero-order valence-corrected chi connectivity index (χ0v) is 15.8. The number of hydrogen-bond donors (Lipinski definition) is 2. The molecule has 142 valence electrons. The first-order valence-corrected chi connectivity index (χ1v) is 9.41. The Morgan fingerprint density at radius 2 is 1.81 bits per heavy atom. The van der Waals surface area contributed by atoms with Gasteiger partial charge in [-0.1, -0.05) is 18.5 Å². The van der Waals surface area contributed by atoms with Crippen molar-refractivity contribution in [1.29, 1.82) is 0 Å². The van der Waals surface area contributed by atoms with Gasteiger partial charge in [0, 0.05) is 49.6 Å². The van der Waals surface area contributed by atoms with Crippen molar-refractivity contribution in [3.8, 4) is 0 Å². The second-order valence-electron chi connectivity index (χ2n) is 6.70. The molecule has 1 heterocycles. The maximum atomic E-state index is 12.1. The SMILES string of the molecule is CC1CCCN(C(=O)CCNC(=O)CCNC(=O)c2ccc(Cl)cc2)C1.